The molecule has 30 heavy (non-hydrogen) atoms. The second kappa shape index (κ2) is 7.71. The van der Waals surface area contributed by atoms with Gasteiger partial charge in [-0.3, -0.25) is 9.36 Å². The number of anilines is 2. The van der Waals surface area contributed by atoms with E-state index in [1.54, 1.807) is 0 Å². The van der Waals surface area contributed by atoms with Crippen LogP contribution in [0.5, 0.6) is 0 Å². The van der Waals surface area contributed by atoms with Gasteiger partial charge in [0.05, 0.1) is 12.7 Å². The van der Waals surface area contributed by atoms with Gasteiger partial charge in [0.25, 0.3) is 5.56 Å². The topological polar surface area (TPSA) is 71.4 Å². The number of nitrogens with zero attached hydrogens (tertiary/aromatic N) is 3. The first-order valence-electron chi connectivity index (χ1n) is 10.9. The Morgan fingerprint density at radius 2 is 2.07 bits per heavy atom. The fourth-order valence-corrected chi connectivity index (χ4v) is 5.16. The number of nitrogens with one attached hydrogen (secondary N) is 2. The summed E-state index contributed by atoms with van der Waals surface area (Å²) in [4.78, 5) is 18.5. The van der Waals surface area contributed by atoms with Crippen LogP contribution >= 0.6 is 0 Å². The monoisotopic (exact) mass is 427 g/mol. The van der Waals surface area contributed by atoms with Crippen LogP contribution in [0.2, 0.25) is 0 Å². The fraction of sp³-hybridized carbons (Fsp3) is 0.800. The van der Waals surface area contributed by atoms with Gasteiger partial charge in [-0.1, -0.05) is 0 Å². The highest BCUT2D eigenvalue weighted by molar-refractivity contribution is 5.45. The Morgan fingerprint density at radius 3 is 2.73 bits per heavy atom. The van der Waals surface area contributed by atoms with E-state index in [0.29, 0.717) is 24.2 Å². The Hall–Kier alpha value is -1.81. The van der Waals surface area contributed by atoms with Crippen LogP contribution in [0, 0.1) is 17.8 Å². The van der Waals surface area contributed by atoms with Gasteiger partial charge in [-0.2, -0.15) is 18.2 Å². The minimum Gasteiger partial charge on any atom is -0.376 e. The van der Waals surface area contributed by atoms with E-state index in [1.807, 2.05) is 0 Å². The molecule has 1 aromatic rings. The van der Waals surface area contributed by atoms with Crippen LogP contribution in [-0.4, -0.2) is 60.7 Å². The summed E-state index contributed by atoms with van der Waals surface area (Å²) >= 11 is 0. The minimum atomic E-state index is -4.36. The molecule has 3 aliphatic heterocycles. The van der Waals surface area contributed by atoms with Crippen molar-refractivity contribution in [3.05, 3.63) is 16.4 Å². The summed E-state index contributed by atoms with van der Waals surface area (Å²) in [6.45, 7) is 3.20. The molecule has 0 radical (unpaired) electrons. The Bertz CT molecular complexity index is 839. The third kappa shape index (κ3) is 3.91. The average molecular weight is 427 g/mol. The Labute approximate surface area is 173 Å². The molecule has 2 N–H and O–H groups in total. The first-order valence-corrected chi connectivity index (χ1v) is 10.9. The van der Waals surface area contributed by atoms with Crippen LogP contribution in [0.4, 0.5) is 24.9 Å². The van der Waals surface area contributed by atoms with Crippen molar-refractivity contribution in [1.82, 2.24) is 14.9 Å². The van der Waals surface area contributed by atoms with Gasteiger partial charge in [-0.15, -0.1) is 0 Å². The third-order valence-electron chi connectivity index (χ3n) is 7.00. The molecule has 5 rings (SSSR count). The normalized spacial score (nSPS) is 31.4. The zero-order chi connectivity index (χ0) is 20.9. The highest BCUT2D eigenvalue weighted by Crippen LogP contribution is 2.48. The fourth-order valence-electron chi connectivity index (χ4n) is 5.16. The van der Waals surface area contributed by atoms with E-state index in [2.05, 4.69) is 15.6 Å². The summed E-state index contributed by atoms with van der Waals surface area (Å²) in [5.74, 6) is 1.81. The van der Waals surface area contributed by atoms with Gasteiger partial charge >= 0.3 is 6.18 Å². The lowest BCUT2D eigenvalue weighted by Crippen LogP contribution is -2.54. The molecule has 1 saturated carbocycles. The van der Waals surface area contributed by atoms with Crippen molar-refractivity contribution in [3.8, 4) is 0 Å². The number of piperidine rings is 1. The van der Waals surface area contributed by atoms with E-state index in [0.717, 1.165) is 32.5 Å². The molecule has 4 unspecified atom stereocenters. The molecule has 166 valence electrons. The molecular weight excluding hydrogens is 399 g/mol. The SMILES string of the molecule is O=c1cc(NCC2OCC3CC32)nc2n1CCC(C(F)(F)F)N2CC1CCNCC1. The quantitative estimate of drug-likeness (QED) is 0.747. The van der Waals surface area contributed by atoms with E-state index >= 15 is 0 Å². The molecule has 1 aliphatic carbocycles. The predicted octanol–water partition coefficient (Wildman–Crippen LogP) is 1.83. The van der Waals surface area contributed by atoms with E-state index in [1.165, 1.54) is 22.0 Å². The van der Waals surface area contributed by atoms with Gasteiger partial charge in [0.2, 0.25) is 5.95 Å². The number of rotatable bonds is 5. The highest BCUT2D eigenvalue weighted by atomic mass is 19.4. The summed E-state index contributed by atoms with van der Waals surface area (Å²) in [6, 6.07) is -0.223. The van der Waals surface area contributed by atoms with E-state index in [4.69, 9.17) is 4.74 Å². The molecule has 0 aromatic carbocycles. The average Bonchev–Trinajstić information content (AvgIpc) is 3.38. The first kappa shape index (κ1) is 20.1. The maximum atomic E-state index is 13.8. The summed E-state index contributed by atoms with van der Waals surface area (Å²) < 4.78 is 48.6. The largest absolute Gasteiger partial charge is 0.408 e. The highest BCUT2D eigenvalue weighted by Gasteiger charge is 2.49. The molecule has 3 fully saturated rings. The van der Waals surface area contributed by atoms with Crippen molar-refractivity contribution in [2.45, 2.75) is 50.6 Å². The van der Waals surface area contributed by atoms with Crippen LogP contribution in [0.1, 0.15) is 25.7 Å². The van der Waals surface area contributed by atoms with Crippen molar-refractivity contribution in [2.75, 3.05) is 43.0 Å². The number of ether oxygens (including phenoxy) is 1. The Balaban J connectivity index is 1.40. The van der Waals surface area contributed by atoms with E-state index in [-0.39, 0.29) is 43.0 Å². The zero-order valence-corrected chi connectivity index (χ0v) is 16.8. The summed E-state index contributed by atoms with van der Waals surface area (Å²) in [6.07, 6.45) is -1.59. The van der Waals surface area contributed by atoms with E-state index in [9.17, 15) is 18.0 Å². The van der Waals surface area contributed by atoms with Crippen LogP contribution in [0.3, 0.4) is 0 Å². The van der Waals surface area contributed by atoms with Crippen LogP contribution in [-0.2, 0) is 11.3 Å². The molecule has 4 aliphatic rings. The van der Waals surface area contributed by atoms with Gasteiger partial charge < -0.3 is 20.3 Å². The number of hydrogen-bond acceptors (Lipinski definition) is 6. The number of fused-ring (bicyclic) bond motifs is 2. The molecule has 0 amide bonds. The number of aromatic nitrogens is 2. The molecule has 4 atom stereocenters. The molecule has 10 heteroatoms. The van der Waals surface area contributed by atoms with Crippen molar-refractivity contribution in [2.24, 2.45) is 17.8 Å². The van der Waals surface area contributed by atoms with Gasteiger partial charge in [0, 0.05) is 25.7 Å². The first-order chi connectivity index (χ1) is 14.4. The van der Waals surface area contributed by atoms with Crippen LogP contribution in [0.25, 0.3) is 0 Å². The third-order valence-corrected chi connectivity index (χ3v) is 7.00. The summed E-state index contributed by atoms with van der Waals surface area (Å²) in [7, 11) is 0. The van der Waals surface area contributed by atoms with Gasteiger partial charge in [0.15, 0.2) is 0 Å². The summed E-state index contributed by atoms with van der Waals surface area (Å²) in [5.41, 5.74) is -0.310. The molecule has 1 aromatic heterocycles. The van der Waals surface area contributed by atoms with Gasteiger partial charge in [-0.05, 0) is 56.5 Å². The lowest BCUT2D eigenvalue weighted by Gasteiger charge is -2.41. The number of halogens is 3. The maximum Gasteiger partial charge on any atom is 0.408 e. The van der Waals surface area contributed by atoms with Crippen molar-refractivity contribution >= 4 is 11.8 Å². The molecule has 4 heterocycles. The van der Waals surface area contributed by atoms with Crippen LogP contribution in [0.15, 0.2) is 10.9 Å². The standard InChI is InChI=1S/C20H28F3N5O2/c21-20(22,23)16-3-6-27-18(29)8-17(25-9-15-14-7-13(14)11-30-15)26-19(27)28(16)10-12-1-4-24-5-2-12/h8,12-16,24-25H,1-7,9-11H2. The van der Waals surface area contributed by atoms with Crippen molar-refractivity contribution in [1.29, 1.82) is 0 Å². The lowest BCUT2D eigenvalue weighted by molar-refractivity contribution is -0.153. The van der Waals surface area contributed by atoms with Gasteiger partial charge in [0.1, 0.15) is 11.9 Å². The maximum absolute atomic E-state index is 13.8. The summed E-state index contributed by atoms with van der Waals surface area (Å²) in [5, 5.41) is 6.39. The minimum absolute atomic E-state index is 0.0316. The molecular formula is C20H28F3N5O2. The molecule has 0 spiro atoms. The smallest absolute Gasteiger partial charge is 0.376 e. The number of alkyl halides is 3. The molecule has 2 saturated heterocycles. The lowest BCUT2D eigenvalue weighted by atomic mass is 9.96. The van der Waals surface area contributed by atoms with Crippen molar-refractivity contribution < 1.29 is 17.9 Å². The second-order valence-corrected chi connectivity index (χ2v) is 9.04. The zero-order valence-electron chi connectivity index (χ0n) is 16.8. The van der Waals surface area contributed by atoms with Crippen molar-refractivity contribution in [3.63, 3.8) is 0 Å². The predicted molar refractivity (Wildman–Crippen MR) is 106 cm³/mol. The Morgan fingerprint density at radius 1 is 1.27 bits per heavy atom. The number of hydrogen-bond donors (Lipinski definition) is 2. The van der Waals surface area contributed by atoms with Gasteiger partial charge in [-0.25, -0.2) is 0 Å². The molecule has 0 bridgehead atoms. The molecule has 7 nitrogen and oxygen atoms in total. The Kier molecular flexibility index (Phi) is 5.17. The van der Waals surface area contributed by atoms with E-state index < -0.39 is 12.2 Å². The second-order valence-electron chi connectivity index (χ2n) is 9.04. The van der Waals surface area contributed by atoms with Crippen LogP contribution < -0.4 is 21.1 Å².